The first kappa shape index (κ1) is 19.3. The highest BCUT2D eigenvalue weighted by Crippen LogP contribution is 2.30. The number of hydrogen-bond acceptors (Lipinski definition) is 6. The van der Waals surface area contributed by atoms with Crippen molar-refractivity contribution in [1.29, 1.82) is 5.26 Å². The van der Waals surface area contributed by atoms with Gasteiger partial charge in [-0.15, -0.1) is 0 Å². The zero-order chi connectivity index (χ0) is 19.3. The number of ether oxygens (including phenoxy) is 1. The van der Waals surface area contributed by atoms with Gasteiger partial charge in [0.05, 0.1) is 12.3 Å². The van der Waals surface area contributed by atoms with Gasteiger partial charge in [0, 0.05) is 19.6 Å². The van der Waals surface area contributed by atoms with Crippen LogP contribution in [0.2, 0.25) is 0 Å². The van der Waals surface area contributed by atoms with Crippen molar-refractivity contribution < 1.29 is 19.4 Å². The molecule has 2 rings (SSSR count). The number of nitrogen functional groups attached to an aromatic ring is 1. The fourth-order valence-electron chi connectivity index (χ4n) is 2.81. The molecule has 0 atom stereocenters. The quantitative estimate of drug-likeness (QED) is 0.720. The maximum absolute atomic E-state index is 12.4. The predicted octanol–water partition coefficient (Wildman–Crippen LogP) is 1.44. The van der Waals surface area contributed by atoms with Crippen LogP contribution in [-0.2, 0) is 0 Å². The van der Waals surface area contributed by atoms with Crippen LogP contribution in [0, 0.1) is 16.7 Å². The van der Waals surface area contributed by atoms with Gasteiger partial charge in [-0.05, 0) is 31.2 Å². The van der Waals surface area contributed by atoms with Gasteiger partial charge in [-0.3, -0.25) is 4.79 Å². The first-order chi connectivity index (χ1) is 12.3. The maximum atomic E-state index is 12.4. The van der Waals surface area contributed by atoms with Crippen LogP contribution < -0.4 is 15.8 Å². The van der Waals surface area contributed by atoms with E-state index < -0.39 is 12.0 Å². The molecule has 1 aliphatic rings. The van der Waals surface area contributed by atoms with Crippen LogP contribution in [0.3, 0.4) is 0 Å². The molecule has 0 saturated carbocycles. The number of nitrogens with zero attached hydrogens (tertiary/aromatic N) is 3. The van der Waals surface area contributed by atoms with E-state index in [2.05, 4.69) is 10.3 Å². The molecule has 9 heteroatoms. The third-order valence-corrected chi connectivity index (χ3v) is 4.56. The van der Waals surface area contributed by atoms with E-state index in [9.17, 15) is 9.59 Å². The lowest BCUT2D eigenvalue weighted by molar-refractivity contribution is 0.0830. The summed E-state index contributed by atoms with van der Waals surface area (Å²) in [4.78, 5) is 28.9. The van der Waals surface area contributed by atoms with Crippen molar-refractivity contribution in [1.82, 2.24) is 15.2 Å². The van der Waals surface area contributed by atoms with Gasteiger partial charge >= 0.3 is 6.09 Å². The van der Waals surface area contributed by atoms with Gasteiger partial charge < -0.3 is 25.8 Å². The normalized spacial score (nSPS) is 15.8. The summed E-state index contributed by atoms with van der Waals surface area (Å²) in [6.45, 7) is 5.33. The minimum atomic E-state index is -0.920. The average Bonchev–Trinajstić information content (AvgIpc) is 2.60. The monoisotopic (exact) mass is 361 g/mol. The Morgan fingerprint density at radius 3 is 2.69 bits per heavy atom. The molecule has 1 aliphatic heterocycles. The van der Waals surface area contributed by atoms with Crippen LogP contribution in [-0.4, -0.2) is 53.2 Å². The largest absolute Gasteiger partial charge is 0.477 e. The predicted molar refractivity (Wildman–Crippen MR) is 93.8 cm³/mol. The average molecular weight is 361 g/mol. The molecule has 1 aromatic rings. The van der Waals surface area contributed by atoms with E-state index in [4.69, 9.17) is 20.8 Å². The van der Waals surface area contributed by atoms with Crippen molar-refractivity contribution in [2.45, 2.75) is 26.7 Å². The highest BCUT2D eigenvalue weighted by Gasteiger charge is 2.32. The van der Waals surface area contributed by atoms with Gasteiger partial charge in [0.1, 0.15) is 17.3 Å². The van der Waals surface area contributed by atoms with Crippen LogP contribution in [0.1, 0.15) is 42.7 Å². The molecule has 0 radical (unpaired) electrons. The zero-order valence-corrected chi connectivity index (χ0v) is 14.9. The van der Waals surface area contributed by atoms with Crippen LogP contribution >= 0.6 is 0 Å². The summed E-state index contributed by atoms with van der Waals surface area (Å²) in [7, 11) is 0. The molecular weight excluding hydrogens is 338 g/mol. The first-order valence-electron chi connectivity index (χ1n) is 8.39. The van der Waals surface area contributed by atoms with E-state index in [1.165, 1.54) is 11.0 Å². The number of piperidine rings is 1. The fraction of sp³-hybridized carbons (Fsp3) is 0.529. The molecule has 2 amide bonds. The molecule has 1 saturated heterocycles. The number of likely N-dealkylation sites (tertiary alicyclic amines) is 1. The van der Waals surface area contributed by atoms with Gasteiger partial charge in [0.2, 0.25) is 5.88 Å². The maximum Gasteiger partial charge on any atom is 0.407 e. The number of hydrogen-bond donors (Lipinski definition) is 3. The van der Waals surface area contributed by atoms with Crippen LogP contribution in [0.4, 0.5) is 10.5 Å². The summed E-state index contributed by atoms with van der Waals surface area (Å²) in [5.74, 6) is -0.370. The molecule has 140 valence electrons. The summed E-state index contributed by atoms with van der Waals surface area (Å²) in [6.07, 6.45) is 0.399. The topological polar surface area (TPSA) is 142 Å². The van der Waals surface area contributed by atoms with Crippen LogP contribution in [0.15, 0.2) is 6.07 Å². The third-order valence-electron chi connectivity index (χ3n) is 4.56. The number of carbonyl (C=O) groups excluding carboxylic acids is 1. The van der Waals surface area contributed by atoms with Crippen molar-refractivity contribution in [3.8, 4) is 11.9 Å². The Labute approximate surface area is 151 Å². The summed E-state index contributed by atoms with van der Waals surface area (Å²) in [6, 6.07) is 3.27. The summed E-state index contributed by atoms with van der Waals surface area (Å²) in [5, 5.41) is 21.0. The molecule has 0 unspecified atom stereocenters. The second kappa shape index (κ2) is 7.91. The van der Waals surface area contributed by atoms with E-state index in [0.29, 0.717) is 39.1 Å². The molecule has 1 aromatic heterocycles. The lowest BCUT2D eigenvalue weighted by atomic mass is 9.80. The molecule has 2 heterocycles. The SMILES string of the molecule is CCOc1nc(C(=O)NCC2(C)CCN(C(=O)O)CC2)cc(N)c1C#N. The lowest BCUT2D eigenvalue weighted by Gasteiger charge is -2.38. The minimum absolute atomic E-state index is 0.0427. The van der Waals surface area contributed by atoms with Crippen molar-refractivity contribution in [3.63, 3.8) is 0 Å². The molecule has 0 aromatic carbocycles. The molecule has 0 bridgehead atoms. The number of anilines is 1. The van der Waals surface area contributed by atoms with E-state index in [0.717, 1.165) is 0 Å². The van der Waals surface area contributed by atoms with Gasteiger partial charge in [-0.25, -0.2) is 9.78 Å². The van der Waals surface area contributed by atoms with E-state index in [-0.39, 0.29) is 28.2 Å². The number of nitrogens with two attached hydrogens (primary N) is 1. The van der Waals surface area contributed by atoms with Gasteiger partial charge in [-0.1, -0.05) is 6.92 Å². The third kappa shape index (κ3) is 4.33. The lowest BCUT2D eigenvalue weighted by Crippen LogP contribution is -2.46. The number of nitriles is 1. The first-order valence-corrected chi connectivity index (χ1v) is 8.39. The number of amides is 2. The summed E-state index contributed by atoms with van der Waals surface area (Å²) < 4.78 is 5.29. The Kier molecular flexibility index (Phi) is 5.87. The number of pyridine rings is 1. The Balaban J connectivity index is 2.04. The smallest absolute Gasteiger partial charge is 0.407 e. The van der Waals surface area contributed by atoms with Gasteiger partial charge in [0.25, 0.3) is 5.91 Å². The Bertz CT molecular complexity index is 735. The van der Waals surface area contributed by atoms with Crippen molar-refractivity contribution in [2.24, 2.45) is 5.41 Å². The number of nitrogens with one attached hydrogen (secondary N) is 1. The molecule has 0 spiro atoms. The highest BCUT2D eigenvalue weighted by atomic mass is 16.5. The Morgan fingerprint density at radius 2 is 2.15 bits per heavy atom. The number of aromatic nitrogens is 1. The van der Waals surface area contributed by atoms with Crippen molar-refractivity contribution in [2.75, 3.05) is 32.0 Å². The summed E-state index contributed by atoms with van der Waals surface area (Å²) >= 11 is 0. The standard InChI is InChI=1S/C17H23N5O4/c1-3-26-15-11(9-18)12(19)8-13(21-15)14(23)20-10-17(2)4-6-22(7-5-17)16(24)25/h8H,3-7,10H2,1-2H3,(H2,19,21)(H,20,23)(H,24,25). The molecular formula is C17H23N5O4. The highest BCUT2D eigenvalue weighted by molar-refractivity contribution is 5.93. The molecule has 9 nitrogen and oxygen atoms in total. The number of carboxylic acid groups (broad SMARTS) is 1. The van der Waals surface area contributed by atoms with Crippen LogP contribution in [0.5, 0.6) is 5.88 Å². The zero-order valence-electron chi connectivity index (χ0n) is 14.9. The second-order valence-electron chi connectivity index (χ2n) is 6.58. The van der Waals surface area contributed by atoms with E-state index in [1.54, 1.807) is 6.92 Å². The summed E-state index contributed by atoms with van der Waals surface area (Å²) in [5.41, 5.74) is 5.96. The number of rotatable bonds is 5. The van der Waals surface area contributed by atoms with Gasteiger partial charge in [-0.2, -0.15) is 5.26 Å². The van der Waals surface area contributed by atoms with E-state index in [1.807, 2.05) is 13.0 Å². The van der Waals surface area contributed by atoms with Crippen LogP contribution in [0.25, 0.3) is 0 Å². The molecule has 4 N–H and O–H groups in total. The Hall–Kier alpha value is -3.02. The molecule has 1 fully saturated rings. The molecule has 26 heavy (non-hydrogen) atoms. The van der Waals surface area contributed by atoms with Crippen molar-refractivity contribution >= 4 is 17.7 Å². The molecule has 0 aliphatic carbocycles. The van der Waals surface area contributed by atoms with E-state index >= 15 is 0 Å². The minimum Gasteiger partial charge on any atom is -0.477 e. The number of carbonyl (C=O) groups is 2. The van der Waals surface area contributed by atoms with Crippen molar-refractivity contribution in [3.05, 3.63) is 17.3 Å². The Morgan fingerprint density at radius 1 is 1.50 bits per heavy atom. The fourth-order valence-corrected chi connectivity index (χ4v) is 2.81. The second-order valence-corrected chi connectivity index (χ2v) is 6.58. The van der Waals surface area contributed by atoms with Gasteiger partial charge in [0.15, 0.2) is 0 Å².